The van der Waals surface area contributed by atoms with E-state index in [0.29, 0.717) is 11.8 Å². The Balaban J connectivity index is 2.42. The molecule has 2 rings (SSSR count). The highest BCUT2D eigenvalue weighted by atomic mass is 16.3. The van der Waals surface area contributed by atoms with Gasteiger partial charge in [0.15, 0.2) is 0 Å². The quantitative estimate of drug-likeness (QED) is 0.461. The predicted octanol–water partition coefficient (Wildman–Crippen LogP) is 5.65. The first-order valence-corrected chi connectivity index (χ1v) is 10.5. The molecule has 2 N–H and O–H groups in total. The average Bonchev–Trinajstić information content (AvgIpc) is 2.56. The van der Waals surface area contributed by atoms with Crippen LogP contribution in [0.25, 0.3) is 0 Å². The largest absolute Gasteiger partial charge is 0.393 e. The summed E-state index contributed by atoms with van der Waals surface area (Å²) in [7, 11) is 0. The maximum atomic E-state index is 12.0. The third kappa shape index (κ3) is 3.90. The minimum absolute atomic E-state index is 0.113. The fourth-order valence-electron chi connectivity index (χ4n) is 5.80. The van der Waals surface area contributed by atoms with Gasteiger partial charge >= 0.3 is 0 Å². The Labute approximate surface area is 155 Å². The summed E-state index contributed by atoms with van der Waals surface area (Å²) in [5.74, 6) is 0.791. The molecule has 2 nitrogen and oxygen atoms in total. The Morgan fingerprint density at radius 2 is 1.80 bits per heavy atom. The summed E-state index contributed by atoms with van der Waals surface area (Å²) in [6, 6.07) is 0. The summed E-state index contributed by atoms with van der Waals surface area (Å²) < 4.78 is 0. The lowest BCUT2D eigenvalue weighted by molar-refractivity contribution is -0.188. The zero-order chi connectivity index (χ0) is 18.7. The van der Waals surface area contributed by atoms with Crippen LogP contribution >= 0.6 is 0 Å². The molecule has 2 aliphatic rings. The van der Waals surface area contributed by atoms with Crippen molar-refractivity contribution in [2.24, 2.45) is 23.2 Å². The van der Waals surface area contributed by atoms with E-state index >= 15 is 0 Å². The van der Waals surface area contributed by atoms with Crippen LogP contribution in [0.4, 0.5) is 0 Å². The fourth-order valence-corrected chi connectivity index (χ4v) is 5.80. The summed E-state index contributed by atoms with van der Waals surface area (Å²) in [4.78, 5) is 0. The molecule has 0 heterocycles. The third-order valence-electron chi connectivity index (χ3n) is 7.35. The van der Waals surface area contributed by atoms with E-state index in [1.54, 1.807) is 0 Å². The van der Waals surface area contributed by atoms with E-state index < -0.39 is 5.60 Å². The fraction of sp³-hybridized carbons (Fsp3) is 0.826. The van der Waals surface area contributed by atoms with Crippen molar-refractivity contribution < 1.29 is 10.2 Å². The Hall–Kier alpha value is -0.600. The van der Waals surface area contributed by atoms with Crippen molar-refractivity contribution in [2.75, 3.05) is 6.61 Å². The van der Waals surface area contributed by atoms with Crippen LogP contribution in [0.15, 0.2) is 23.3 Å². The van der Waals surface area contributed by atoms with E-state index in [0.717, 1.165) is 38.5 Å². The second-order valence-corrected chi connectivity index (χ2v) is 9.01. The zero-order valence-electron chi connectivity index (χ0n) is 17.1. The number of aliphatic hydroxyl groups is 2. The van der Waals surface area contributed by atoms with Crippen LogP contribution < -0.4 is 0 Å². The molecule has 0 aromatic carbocycles. The van der Waals surface area contributed by atoms with Crippen LogP contribution in [0.2, 0.25) is 0 Å². The molecule has 0 bridgehead atoms. The molecule has 0 radical (unpaired) electrons. The van der Waals surface area contributed by atoms with Crippen molar-refractivity contribution in [3.8, 4) is 0 Å². The molecule has 0 aromatic heterocycles. The molecular weight excluding hydrogens is 308 g/mol. The van der Waals surface area contributed by atoms with Crippen molar-refractivity contribution in [3.05, 3.63) is 23.3 Å². The molecule has 0 aromatic rings. The lowest BCUT2D eigenvalue weighted by Crippen LogP contribution is -2.61. The van der Waals surface area contributed by atoms with Gasteiger partial charge in [-0.05, 0) is 63.7 Å². The van der Waals surface area contributed by atoms with Crippen molar-refractivity contribution >= 4 is 0 Å². The van der Waals surface area contributed by atoms with Crippen LogP contribution in [-0.4, -0.2) is 22.4 Å². The van der Waals surface area contributed by atoms with Crippen LogP contribution in [0.5, 0.6) is 0 Å². The van der Waals surface area contributed by atoms with Crippen LogP contribution in [-0.2, 0) is 0 Å². The molecule has 2 aliphatic carbocycles. The number of unbranched alkanes of at least 4 members (excludes halogenated alkanes) is 2. The van der Waals surface area contributed by atoms with Gasteiger partial charge in [-0.2, -0.15) is 0 Å². The maximum Gasteiger partial charge on any atom is 0.0972 e. The number of rotatable bonds is 7. The number of hydrogen-bond acceptors (Lipinski definition) is 2. The minimum Gasteiger partial charge on any atom is -0.393 e. The third-order valence-corrected chi connectivity index (χ3v) is 7.35. The SMILES string of the molecule is CCCCCC1(C(O)(CO)C2CCC(C)=CC2C)CCC(C)=CC1C. The molecule has 0 fully saturated rings. The second-order valence-electron chi connectivity index (χ2n) is 9.01. The molecule has 25 heavy (non-hydrogen) atoms. The summed E-state index contributed by atoms with van der Waals surface area (Å²) in [5.41, 5.74) is 1.67. The van der Waals surface area contributed by atoms with E-state index in [2.05, 4.69) is 46.8 Å². The van der Waals surface area contributed by atoms with Gasteiger partial charge in [0.1, 0.15) is 0 Å². The standard InChI is InChI=1S/C23H40O2/c1-6-7-8-12-22(13-11-18(3)15-20(22)5)23(25,16-24)21-10-9-17(2)14-19(21)4/h14-15,19-21,24-25H,6-13,16H2,1-5H3. The zero-order valence-corrected chi connectivity index (χ0v) is 17.1. The van der Waals surface area contributed by atoms with Crippen molar-refractivity contribution in [3.63, 3.8) is 0 Å². The summed E-state index contributed by atoms with van der Waals surface area (Å²) >= 11 is 0. The molecule has 0 amide bonds. The lowest BCUT2D eigenvalue weighted by atomic mass is 9.51. The Morgan fingerprint density at radius 3 is 2.36 bits per heavy atom. The topological polar surface area (TPSA) is 40.5 Å². The van der Waals surface area contributed by atoms with E-state index in [1.165, 1.54) is 24.0 Å². The van der Waals surface area contributed by atoms with Gasteiger partial charge in [0.2, 0.25) is 0 Å². The second kappa shape index (κ2) is 8.39. The van der Waals surface area contributed by atoms with Gasteiger partial charge in [0.25, 0.3) is 0 Å². The first-order chi connectivity index (χ1) is 11.8. The maximum absolute atomic E-state index is 12.0. The van der Waals surface area contributed by atoms with Crippen LogP contribution in [0, 0.1) is 23.2 Å². The number of allylic oxidation sites excluding steroid dienone is 4. The first kappa shape index (κ1) is 20.7. The summed E-state index contributed by atoms with van der Waals surface area (Å²) in [6.07, 6.45) is 13.3. The molecule has 0 aliphatic heterocycles. The monoisotopic (exact) mass is 348 g/mol. The summed E-state index contributed by atoms with van der Waals surface area (Å²) in [5, 5.41) is 22.5. The summed E-state index contributed by atoms with van der Waals surface area (Å²) in [6.45, 7) is 11.0. The van der Waals surface area contributed by atoms with Gasteiger partial charge in [-0.1, -0.05) is 63.3 Å². The highest BCUT2D eigenvalue weighted by Crippen LogP contribution is 2.56. The van der Waals surface area contributed by atoms with Gasteiger partial charge in [0, 0.05) is 5.41 Å². The Morgan fingerprint density at radius 1 is 1.12 bits per heavy atom. The Kier molecular flexibility index (Phi) is 6.95. The van der Waals surface area contributed by atoms with Crippen molar-refractivity contribution in [1.29, 1.82) is 0 Å². The lowest BCUT2D eigenvalue weighted by Gasteiger charge is -2.57. The highest BCUT2D eigenvalue weighted by Gasteiger charge is 2.57. The predicted molar refractivity (Wildman–Crippen MR) is 106 cm³/mol. The van der Waals surface area contributed by atoms with E-state index in [1.807, 2.05) is 0 Å². The van der Waals surface area contributed by atoms with Gasteiger partial charge in [0.05, 0.1) is 12.2 Å². The first-order valence-electron chi connectivity index (χ1n) is 10.5. The molecule has 5 unspecified atom stereocenters. The minimum atomic E-state index is -0.992. The highest BCUT2D eigenvalue weighted by molar-refractivity contribution is 5.20. The molecule has 0 spiro atoms. The van der Waals surface area contributed by atoms with E-state index in [-0.39, 0.29) is 17.9 Å². The van der Waals surface area contributed by atoms with E-state index in [9.17, 15) is 10.2 Å². The molecule has 0 saturated heterocycles. The number of aliphatic hydroxyl groups excluding tert-OH is 1. The van der Waals surface area contributed by atoms with Gasteiger partial charge in [-0.15, -0.1) is 0 Å². The Bertz CT molecular complexity index is 506. The molecular formula is C23H40O2. The smallest absolute Gasteiger partial charge is 0.0972 e. The van der Waals surface area contributed by atoms with E-state index in [4.69, 9.17) is 0 Å². The van der Waals surface area contributed by atoms with Gasteiger partial charge in [-0.3, -0.25) is 0 Å². The molecule has 5 atom stereocenters. The van der Waals surface area contributed by atoms with Crippen molar-refractivity contribution in [2.45, 2.75) is 91.6 Å². The molecule has 144 valence electrons. The van der Waals surface area contributed by atoms with Gasteiger partial charge < -0.3 is 10.2 Å². The van der Waals surface area contributed by atoms with Gasteiger partial charge in [-0.25, -0.2) is 0 Å². The molecule has 2 heteroatoms. The molecule has 0 saturated carbocycles. The van der Waals surface area contributed by atoms with Crippen LogP contribution in [0.3, 0.4) is 0 Å². The van der Waals surface area contributed by atoms with Crippen LogP contribution in [0.1, 0.15) is 86.0 Å². The van der Waals surface area contributed by atoms with Crippen molar-refractivity contribution in [1.82, 2.24) is 0 Å². The average molecular weight is 349 g/mol. The normalized spacial score (nSPS) is 35.7. The number of hydrogen-bond donors (Lipinski definition) is 2.